The van der Waals surface area contributed by atoms with Crippen LogP contribution in [0.2, 0.25) is 0 Å². The van der Waals surface area contributed by atoms with Crippen LogP contribution in [-0.4, -0.2) is 24.4 Å². The molecule has 0 aromatic carbocycles. The summed E-state index contributed by atoms with van der Waals surface area (Å²) >= 11 is 0. The average molecular weight is 348 g/mol. The van der Waals surface area contributed by atoms with Crippen molar-refractivity contribution in [3.8, 4) is 0 Å². The summed E-state index contributed by atoms with van der Waals surface area (Å²) in [6.45, 7) is 0. The van der Waals surface area contributed by atoms with Gasteiger partial charge in [-0.3, -0.25) is 0 Å². The normalized spacial score (nSPS) is 14.1. The van der Waals surface area contributed by atoms with E-state index in [-0.39, 0.29) is 24.0 Å². The van der Waals surface area contributed by atoms with Gasteiger partial charge in [-0.1, -0.05) is 0 Å². The molecule has 0 saturated heterocycles. The molecule has 0 rings (SSSR count). The van der Waals surface area contributed by atoms with Crippen molar-refractivity contribution in [3.05, 3.63) is 0 Å². The molecule has 0 spiro atoms. The Balaban J connectivity index is 0. The SMILES string of the molecule is FC(F)C(F)(F)C(F)(F)C(F)(F)F.I. The number of alkyl halides is 9. The van der Waals surface area contributed by atoms with Crippen LogP contribution in [0.4, 0.5) is 39.5 Å². The standard InChI is InChI=1S/C4HF9.HI/c5-1(6)2(7,8)3(9,10)4(11,12)13;/h1H;1H. The zero-order valence-electron chi connectivity index (χ0n) is 5.89. The van der Waals surface area contributed by atoms with Crippen molar-refractivity contribution in [3.63, 3.8) is 0 Å². The highest BCUT2D eigenvalue weighted by atomic mass is 127. The quantitative estimate of drug-likeness (QED) is 0.527. The minimum Gasteiger partial charge on any atom is -0.203 e. The first kappa shape index (κ1) is 16.5. The van der Waals surface area contributed by atoms with Crippen LogP contribution < -0.4 is 0 Å². The lowest BCUT2D eigenvalue weighted by molar-refractivity contribution is -0.375. The van der Waals surface area contributed by atoms with Gasteiger partial charge < -0.3 is 0 Å². The molecule has 88 valence electrons. The second-order valence-electron chi connectivity index (χ2n) is 2.00. The van der Waals surface area contributed by atoms with Crippen LogP contribution in [0.5, 0.6) is 0 Å². The lowest BCUT2D eigenvalue weighted by Gasteiger charge is -2.27. The highest BCUT2D eigenvalue weighted by Gasteiger charge is 2.76. The van der Waals surface area contributed by atoms with Gasteiger partial charge in [0.2, 0.25) is 0 Å². The Morgan fingerprint density at radius 2 is 1.00 bits per heavy atom. The van der Waals surface area contributed by atoms with Crippen molar-refractivity contribution in [2.45, 2.75) is 24.4 Å². The van der Waals surface area contributed by atoms with E-state index in [0.29, 0.717) is 0 Å². The summed E-state index contributed by atoms with van der Waals surface area (Å²) in [5.41, 5.74) is 0. The fourth-order valence-electron chi connectivity index (χ4n) is 0.326. The van der Waals surface area contributed by atoms with Crippen LogP contribution in [0.25, 0.3) is 0 Å². The topological polar surface area (TPSA) is 0 Å². The maximum atomic E-state index is 11.6. The van der Waals surface area contributed by atoms with Crippen molar-refractivity contribution < 1.29 is 39.5 Å². The molecule has 0 unspecified atom stereocenters. The maximum absolute atomic E-state index is 11.6. The lowest BCUT2D eigenvalue weighted by atomic mass is 10.2. The second-order valence-corrected chi connectivity index (χ2v) is 2.00. The molecule has 0 fully saturated rings. The van der Waals surface area contributed by atoms with Gasteiger partial charge in [-0.25, -0.2) is 8.78 Å². The van der Waals surface area contributed by atoms with E-state index in [0.717, 1.165) is 0 Å². The Hall–Kier alpha value is 0.1000. The third-order valence-corrected chi connectivity index (χ3v) is 1.05. The van der Waals surface area contributed by atoms with Crippen LogP contribution in [-0.2, 0) is 0 Å². The molecule has 0 heterocycles. The molecule has 0 nitrogen and oxygen atoms in total. The van der Waals surface area contributed by atoms with E-state index in [1.54, 1.807) is 0 Å². The van der Waals surface area contributed by atoms with Gasteiger partial charge in [-0.2, -0.15) is 30.7 Å². The molecular formula is C4H2F9I. The lowest BCUT2D eigenvalue weighted by Crippen LogP contribution is -2.55. The molecule has 0 N–H and O–H groups in total. The van der Waals surface area contributed by atoms with Crippen molar-refractivity contribution >= 4 is 24.0 Å². The highest BCUT2D eigenvalue weighted by molar-refractivity contribution is 14.0. The Labute approximate surface area is 88.5 Å². The molecular weight excluding hydrogens is 346 g/mol. The number of hydrogen-bond donors (Lipinski definition) is 0. The predicted molar refractivity (Wildman–Crippen MR) is 37.4 cm³/mol. The van der Waals surface area contributed by atoms with Crippen molar-refractivity contribution in [2.75, 3.05) is 0 Å². The van der Waals surface area contributed by atoms with E-state index in [2.05, 4.69) is 0 Å². The van der Waals surface area contributed by atoms with Gasteiger partial charge in [0.05, 0.1) is 0 Å². The molecule has 0 amide bonds. The molecule has 0 aromatic rings. The monoisotopic (exact) mass is 348 g/mol. The summed E-state index contributed by atoms with van der Waals surface area (Å²) in [6, 6.07) is 0. The third kappa shape index (κ3) is 2.57. The van der Waals surface area contributed by atoms with Crippen LogP contribution >= 0.6 is 24.0 Å². The first-order valence-corrected chi connectivity index (χ1v) is 2.55. The van der Waals surface area contributed by atoms with Gasteiger partial charge in [0.25, 0.3) is 0 Å². The number of hydrogen-bond acceptors (Lipinski definition) is 0. The minimum absolute atomic E-state index is 0. The molecule has 0 aromatic heterocycles. The van der Waals surface area contributed by atoms with Gasteiger partial charge in [0.15, 0.2) is 0 Å². The van der Waals surface area contributed by atoms with E-state index in [4.69, 9.17) is 0 Å². The van der Waals surface area contributed by atoms with Crippen LogP contribution in [0.1, 0.15) is 0 Å². The molecule has 14 heavy (non-hydrogen) atoms. The second kappa shape index (κ2) is 4.31. The number of rotatable bonds is 2. The molecule has 0 bridgehead atoms. The summed E-state index contributed by atoms with van der Waals surface area (Å²) in [4.78, 5) is 0. The van der Waals surface area contributed by atoms with Crippen molar-refractivity contribution in [1.82, 2.24) is 0 Å². The highest BCUT2D eigenvalue weighted by Crippen LogP contribution is 2.48. The average Bonchev–Trinajstić information content (AvgIpc) is 1.84. The Kier molecular flexibility index (Phi) is 5.09. The Morgan fingerprint density at radius 3 is 1.07 bits per heavy atom. The van der Waals surface area contributed by atoms with E-state index in [9.17, 15) is 39.5 Å². The molecule has 0 radical (unpaired) electrons. The fraction of sp³-hybridized carbons (Fsp3) is 1.00. The van der Waals surface area contributed by atoms with E-state index >= 15 is 0 Å². The first-order valence-electron chi connectivity index (χ1n) is 2.55. The molecule has 0 atom stereocenters. The zero-order chi connectivity index (χ0) is 11.1. The van der Waals surface area contributed by atoms with Gasteiger partial charge in [-0.15, -0.1) is 24.0 Å². The molecule has 0 aliphatic carbocycles. The summed E-state index contributed by atoms with van der Waals surface area (Å²) < 4.78 is 102. The summed E-state index contributed by atoms with van der Waals surface area (Å²) in [5.74, 6) is -13.1. The van der Waals surface area contributed by atoms with Gasteiger partial charge in [0.1, 0.15) is 0 Å². The van der Waals surface area contributed by atoms with Gasteiger partial charge in [0, 0.05) is 0 Å². The van der Waals surface area contributed by atoms with E-state index < -0.39 is 24.4 Å². The predicted octanol–water partition coefficient (Wildman–Crippen LogP) is 3.70. The van der Waals surface area contributed by atoms with Crippen LogP contribution in [0.3, 0.4) is 0 Å². The third-order valence-electron chi connectivity index (χ3n) is 1.05. The van der Waals surface area contributed by atoms with Crippen molar-refractivity contribution in [1.29, 1.82) is 0 Å². The summed E-state index contributed by atoms with van der Waals surface area (Å²) in [6.07, 6.45) is -11.8. The molecule has 10 heteroatoms. The fourth-order valence-corrected chi connectivity index (χ4v) is 0.326. The Bertz CT molecular complexity index is 182. The van der Waals surface area contributed by atoms with Gasteiger partial charge in [-0.05, 0) is 0 Å². The summed E-state index contributed by atoms with van der Waals surface area (Å²) in [7, 11) is 0. The smallest absolute Gasteiger partial charge is 0.203 e. The Morgan fingerprint density at radius 1 is 0.714 bits per heavy atom. The van der Waals surface area contributed by atoms with E-state index in [1.165, 1.54) is 0 Å². The van der Waals surface area contributed by atoms with E-state index in [1.807, 2.05) is 0 Å². The van der Waals surface area contributed by atoms with Crippen LogP contribution in [0, 0.1) is 0 Å². The van der Waals surface area contributed by atoms with Gasteiger partial charge >= 0.3 is 24.4 Å². The molecule has 0 aliphatic heterocycles. The summed E-state index contributed by atoms with van der Waals surface area (Å²) in [5, 5.41) is 0. The molecule has 0 aliphatic rings. The first-order chi connectivity index (χ1) is 5.44. The van der Waals surface area contributed by atoms with Crippen molar-refractivity contribution in [2.24, 2.45) is 0 Å². The maximum Gasteiger partial charge on any atom is 0.460 e. The zero-order valence-corrected chi connectivity index (χ0v) is 8.22. The minimum atomic E-state index is -6.73. The molecule has 0 saturated carbocycles. The van der Waals surface area contributed by atoms with Crippen LogP contribution in [0.15, 0.2) is 0 Å². The number of halogens is 10. The largest absolute Gasteiger partial charge is 0.460 e.